The summed E-state index contributed by atoms with van der Waals surface area (Å²) in [4.78, 5) is 10.9. The Labute approximate surface area is 144 Å². The molecule has 0 fully saturated rings. The summed E-state index contributed by atoms with van der Waals surface area (Å²) in [7, 11) is 0. The van der Waals surface area contributed by atoms with Gasteiger partial charge in [-0.1, -0.05) is 0 Å². The lowest BCUT2D eigenvalue weighted by molar-refractivity contribution is -0.208. The molecule has 0 atom stereocenters. The highest BCUT2D eigenvalue weighted by molar-refractivity contribution is 5.91. The molecule has 1 aromatic rings. The Balaban J connectivity index is 0.000000972. The second-order valence-corrected chi connectivity index (χ2v) is 4.57. The Bertz CT molecular complexity index is 608. The fourth-order valence-electron chi connectivity index (χ4n) is 1.22. The first-order chi connectivity index (χ1) is 12.0. The predicted octanol–water partition coefficient (Wildman–Crippen LogP) is 3.81. The van der Waals surface area contributed by atoms with E-state index in [0.29, 0.717) is 6.07 Å². The largest absolute Gasteiger partial charge is 0.484 e. The van der Waals surface area contributed by atoms with Gasteiger partial charge in [0.05, 0.1) is 0 Å². The molecule has 0 aliphatic rings. The standard InChI is InChI=1S/C11H8F6O4.C2H3F3O/c12-10(13,14)4-20-6-1-2-8(7(3-6)9(18)19)21-5-11(15,16)17;3-1-2(4,5)6/h1-3H,4-5H2,(H,18,19);6H,1H2. The van der Waals surface area contributed by atoms with Crippen molar-refractivity contribution in [2.75, 3.05) is 19.9 Å². The fourth-order valence-corrected chi connectivity index (χ4v) is 1.22. The van der Waals surface area contributed by atoms with E-state index in [0.717, 1.165) is 12.1 Å². The maximum Gasteiger partial charge on any atom is 0.422 e. The molecule has 0 radical (unpaired) electrons. The summed E-state index contributed by atoms with van der Waals surface area (Å²) >= 11 is 0. The lowest BCUT2D eigenvalue weighted by Crippen LogP contribution is -2.21. The van der Waals surface area contributed by atoms with Crippen molar-refractivity contribution in [3.63, 3.8) is 0 Å². The minimum Gasteiger partial charge on any atom is -0.484 e. The van der Waals surface area contributed by atoms with Crippen molar-refractivity contribution in [3.05, 3.63) is 23.8 Å². The maximum absolute atomic E-state index is 12.0. The molecule has 156 valence electrons. The quantitative estimate of drug-likeness (QED) is 0.688. The van der Waals surface area contributed by atoms with E-state index in [1.54, 1.807) is 0 Å². The van der Waals surface area contributed by atoms with Gasteiger partial charge in [0.1, 0.15) is 17.1 Å². The van der Waals surface area contributed by atoms with Gasteiger partial charge in [-0.2, -0.15) is 35.1 Å². The molecule has 0 saturated carbocycles. The van der Waals surface area contributed by atoms with Crippen molar-refractivity contribution >= 4 is 5.97 Å². The smallest absolute Gasteiger partial charge is 0.422 e. The minimum absolute atomic E-state index is 0.455. The minimum atomic E-state index is -4.68. The Morgan fingerprint density at radius 1 is 0.926 bits per heavy atom. The third kappa shape index (κ3) is 12.6. The zero-order valence-electron chi connectivity index (χ0n) is 12.9. The number of halogens is 9. The zero-order chi connectivity index (χ0) is 21.5. The van der Waals surface area contributed by atoms with Gasteiger partial charge in [-0.15, -0.1) is 0 Å². The highest BCUT2D eigenvalue weighted by atomic mass is 19.4. The van der Waals surface area contributed by atoms with Crippen molar-refractivity contribution < 1.29 is 64.0 Å². The van der Waals surface area contributed by atoms with Gasteiger partial charge in [-0.05, 0) is 18.2 Å². The van der Waals surface area contributed by atoms with E-state index in [9.17, 15) is 44.3 Å². The molecule has 0 saturated heterocycles. The van der Waals surface area contributed by atoms with E-state index >= 15 is 0 Å². The van der Waals surface area contributed by atoms with Gasteiger partial charge >= 0.3 is 24.4 Å². The Morgan fingerprint density at radius 2 is 1.37 bits per heavy atom. The van der Waals surface area contributed by atoms with E-state index in [2.05, 4.69) is 9.47 Å². The van der Waals surface area contributed by atoms with Crippen LogP contribution in [0.3, 0.4) is 0 Å². The monoisotopic (exact) mass is 418 g/mol. The van der Waals surface area contributed by atoms with Crippen LogP contribution in [-0.4, -0.2) is 54.5 Å². The van der Waals surface area contributed by atoms with E-state index in [4.69, 9.17) is 10.2 Å². The van der Waals surface area contributed by atoms with Crippen LogP contribution in [-0.2, 0) is 0 Å². The lowest BCUT2D eigenvalue weighted by Gasteiger charge is -2.13. The Morgan fingerprint density at radius 3 is 1.74 bits per heavy atom. The van der Waals surface area contributed by atoms with Crippen molar-refractivity contribution in [2.45, 2.75) is 18.5 Å². The van der Waals surface area contributed by atoms with Crippen LogP contribution in [0.1, 0.15) is 10.4 Å². The summed E-state index contributed by atoms with van der Waals surface area (Å²) in [6.07, 6.45) is -13.4. The number of carbonyl (C=O) groups is 1. The van der Waals surface area contributed by atoms with Crippen molar-refractivity contribution in [1.29, 1.82) is 0 Å². The predicted molar refractivity (Wildman–Crippen MR) is 69.6 cm³/mol. The average Bonchev–Trinajstić information content (AvgIpc) is 2.49. The molecule has 1 aromatic carbocycles. The first kappa shape index (κ1) is 24.6. The topological polar surface area (TPSA) is 76.0 Å². The van der Waals surface area contributed by atoms with Crippen LogP contribution in [0, 0.1) is 0 Å². The van der Waals surface area contributed by atoms with Crippen LogP contribution in [0.5, 0.6) is 11.5 Å². The lowest BCUT2D eigenvalue weighted by atomic mass is 10.2. The first-order valence-corrected chi connectivity index (χ1v) is 6.46. The number of rotatable bonds is 6. The van der Waals surface area contributed by atoms with Crippen molar-refractivity contribution in [2.24, 2.45) is 0 Å². The summed E-state index contributed by atoms with van der Waals surface area (Å²) in [5, 5.41) is 15.9. The molecule has 14 heteroatoms. The van der Waals surface area contributed by atoms with Crippen LogP contribution >= 0.6 is 0 Å². The number of hydrogen-bond donors (Lipinski definition) is 2. The molecule has 27 heavy (non-hydrogen) atoms. The highest BCUT2D eigenvalue weighted by Gasteiger charge is 2.30. The summed E-state index contributed by atoms with van der Waals surface area (Å²) in [6, 6.07) is 2.32. The molecule has 0 unspecified atom stereocenters. The average molecular weight is 418 g/mol. The van der Waals surface area contributed by atoms with Gasteiger partial charge in [0.2, 0.25) is 0 Å². The van der Waals surface area contributed by atoms with Gasteiger partial charge < -0.3 is 19.7 Å². The molecule has 0 amide bonds. The van der Waals surface area contributed by atoms with E-state index in [1.807, 2.05) is 0 Å². The van der Waals surface area contributed by atoms with Crippen LogP contribution in [0.2, 0.25) is 0 Å². The number of carboxylic acids is 1. The molecule has 2 N–H and O–H groups in total. The number of ether oxygens (including phenoxy) is 2. The van der Waals surface area contributed by atoms with Gasteiger partial charge in [0.15, 0.2) is 19.9 Å². The van der Waals surface area contributed by atoms with Crippen molar-refractivity contribution in [3.8, 4) is 11.5 Å². The zero-order valence-corrected chi connectivity index (χ0v) is 12.9. The molecule has 0 spiro atoms. The fraction of sp³-hybridized carbons (Fsp3) is 0.462. The third-order valence-corrected chi connectivity index (χ3v) is 2.14. The first-order valence-electron chi connectivity index (χ1n) is 6.46. The van der Waals surface area contributed by atoms with Crippen LogP contribution in [0.15, 0.2) is 18.2 Å². The number of hydrogen-bond acceptors (Lipinski definition) is 4. The molecule has 5 nitrogen and oxygen atoms in total. The Kier molecular flexibility index (Phi) is 8.69. The van der Waals surface area contributed by atoms with Crippen LogP contribution in [0.25, 0.3) is 0 Å². The molecule has 0 aliphatic carbocycles. The van der Waals surface area contributed by atoms with E-state index in [1.165, 1.54) is 0 Å². The number of carboxylic acid groups (broad SMARTS) is 1. The van der Waals surface area contributed by atoms with Gasteiger partial charge in [-0.3, -0.25) is 0 Å². The molecule has 1 rings (SSSR count). The van der Waals surface area contributed by atoms with Crippen molar-refractivity contribution in [1.82, 2.24) is 0 Å². The summed E-state index contributed by atoms with van der Waals surface area (Å²) in [5.41, 5.74) is -0.737. The molecule has 0 aliphatic heterocycles. The Hall–Kier alpha value is -2.38. The maximum atomic E-state index is 12.0. The number of aliphatic hydroxyl groups is 1. The number of benzene rings is 1. The number of alkyl halides is 9. The number of aromatic carboxylic acids is 1. The molecule has 0 aromatic heterocycles. The molecular formula is C13H11F9O5. The van der Waals surface area contributed by atoms with Crippen LogP contribution < -0.4 is 9.47 Å². The second-order valence-electron chi connectivity index (χ2n) is 4.57. The second kappa shape index (κ2) is 9.53. The van der Waals surface area contributed by atoms with E-state index < -0.39 is 61.4 Å². The normalized spacial score (nSPS) is 12.1. The summed E-state index contributed by atoms with van der Waals surface area (Å²) in [6.45, 7) is -5.39. The molecule has 0 heterocycles. The molecule has 0 bridgehead atoms. The van der Waals surface area contributed by atoms with Gasteiger partial charge in [-0.25, -0.2) is 9.18 Å². The summed E-state index contributed by atoms with van der Waals surface area (Å²) in [5.74, 6) is -2.74. The SMILES string of the molecule is O=C(O)c1cc(OCC(F)(F)F)ccc1OCC(F)(F)F.OC(F)(F)CF. The van der Waals surface area contributed by atoms with E-state index in [-0.39, 0.29) is 0 Å². The summed E-state index contributed by atoms with van der Waals surface area (Å²) < 4.78 is 112. The van der Waals surface area contributed by atoms with Gasteiger partial charge in [0, 0.05) is 0 Å². The highest BCUT2D eigenvalue weighted by Crippen LogP contribution is 2.27. The van der Waals surface area contributed by atoms with Gasteiger partial charge in [0.25, 0.3) is 0 Å². The van der Waals surface area contributed by atoms with Crippen LogP contribution in [0.4, 0.5) is 39.5 Å². The third-order valence-electron chi connectivity index (χ3n) is 2.14. The molecular weight excluding hydrogens is 407 g/mol.